The van der Waals surface area contributed by atoms with Crippen LogP contribution in [0.4, 0.5) is 24.5 Å². The second kappa shape index (κ2) is 5.48. The molecule has 0 saturated carbocycles. The summed E-state index contributed by atoms with van der Waals surface area (Å²) in [6.07, 6.45) is -4.45. The van der Waals surface area contributed by atoms with Crippen molar-refractivity contribution in [2.75, 3.05) is 25.1 Å². The summed E-state index contributed by atoms with van der Waals surface area (Å²) in [5, 5.41) is 2.50. The van der Waals surface area contributed by atoms with E-state index in [1.807, 2.05) is 0 Å². The second-order valence-corrected chi connectivity index (χ2v) is 4.43. The van der Waals surface area contributed by atoms with Crippen LogP contribution >= 0.6 is 0 Å². The molecule has 1 amide bonds. The van der Waals surface area contributed by atoms with Gasteiger partial charge in [0.25, 0.3) is 0 Å². The molecule has 19 heavy (non-hydrogen) atoms. The Hall–Kier alpha value is -1.76. The molecule has 3 N–H and O–H groups in total. The smallest absolute Gasteiger partial charge is 0.397 e. The molecule has 0 saturated heterocycles. The quantitative estimate of drug-likeness (QED) is 0.831. The van der Waals surface area contributed by atoms with Crippen LogP contribution in [-0.4, -0.2) is 30.9 Å². The fourth-order valence-corrected chi connectivity index (χ4v) is 1.32. The van der Waals surface area contributed by atoms with E-state index in [0.717, 1.165) is 18.2 Å². The Morgan fingerprint density at radius 1 is 1.37 bits per heavy atom. The fraction of sp³-hybridized carbons (Fsp3) is 0.417. The molecule has 0 aliphatic heterocycles. The molecule has 0 radical (unpaired) electrons. The molecule has 0 spiro atoms. The Balaban J connectivity index is 2.90. The number of hydrogen-bond acceptors (Lipinski definition) is 3. The fourth-order valence-electron chi connectivity index (χ4n) is 1.32. The standard InChI is InChI=1S/C12H16F3N3O/c1-7(18(2)3)11(19)17-10-5-4-8(6-9(10)16)12(13,14)15/h4-7H,16H2,1-3H3,(H,17,19). The monoisotopic (exact) mass is 275 g/mol. The van der Waals surface area contributed by atoms with Crippen LogP contribution in [-0.2, 0) is 11.0 Å². The molecule has 0 bridgehead atoms. The van der Waals surface area contributed by atoms with E-state index in [9.17, 15) is 18.0 Å². The van der Waals surface area contributed by atoms with E-state index >= 15 is 0 Å². The first kappa shape index (κ1) is 15.3. The Kier molecular flexibility index (Phi) is 4.41. The van der Waals surface area contributed by atoms with Crippen LogP contribution in [0.15, 0.2) is 18.2 Å². The van der Waals surface area contributed by atoms with E-state index in [1.54, 1.807) is 25.9 Å². The average Bonchev–Trinajstić information content (AvgIpc) is 2.29. The molecule has 1 aromatic rings. The topological polar surface area (TPSA) is 58.4 Å². The maximum absolute atomic E-state index is 12.4. The third-order valence-electron chi connectivity index (χ3n) is 2.79. The Morgan fingerprint density at radius 3 is 2.37 bits per heavy atom. The summed E-state index contributed by atoms with van der Waals surface area (Å²) in [7, 11) is 3.45. The molecular formula is C12H16F3N3O. The van der Waals surface area contributed by atoms with Gasteiger partial charge in [-0.25, -0.2) is 0 Å². The molecule has 0 aromatic heterocycles. The Bertz CT molecular complexity index is 472. The molecule has 0 heterocycles. The highest BCUT2D eigenvalue weighted by atomic mass is 19.4. The lowest BCUT2D eigenvalue weighted by molar-refractivity contribution is -0.137. The molecule has 0 aliphatic rings. The van der Waals surface area contributed by atoms with Gasteiger partial charge in [0.15, 0.2) is 0 Å². The Labute approximate surface area is 109 Å². The van der Waals surface area contributed by atoms with Crippen molar-refractivity contribution in [3.05, 3.63) is 23.8 Å². The maximum Gasteiger partial charge on any atom is 0.416 e. The van der Waals surface area contributed by atoms with E-state index in [0.29, 0.717) is 0 Å². The number of rotatable bonds is 3. The predicted octanol–water partition coefficient (Wildman–Crippen LogP) is 2.18. The van der Waals surface area contributed by atoms with Crippen LogP contribution in [0.2, 0.25) is 0 Å². The lowest BCUT2D eigenvalue weighted by Gasteiger charge is -2.19. The third-order valence-corrected chi connectivity index (χ3v) is 2.79. The van der Waals surface area contributed by atoms with Crippen molar-refractivity contribution in [3.63, 3.8) is 0 Å². The van der Waals surface area contributed by atoms with Crippen molar-refractivity contribution >= 4 is 17.3 Å². The molecule has 1 rings (SSSR count). The summed E-state index contributed by atoms with van der Waals surface area (Å²) < 4.78 is 37.3. The summed E-state index contributed by atoms with van der Waals surface area (Å²) in [5.41, 5.74) is 4.73. The summed E-state index contributed by atoms with van der Waals surface area (Å²) in [6.45, 7) is 1.68. The average molecular weight is 275 g/mol. The van der Waals surface area contributed by atoms with Gasteiger partial charge in [-0.05, 0) is 39.2 Å². The zero-order valence-electron chi connectivity index (χ0n) is 10.9. The molecule has 7 heteroatoms. The molecule has 1 atom stereocenters. The van der Waals surface area contributed by atoms with Crippen LogP contribution in [0.5, 0.6) is 0 Å². The summed E-state index contributed by atoms with van der Waals surface area (Å²) in [6, 6.07) is 2.42. The van der Waals surface area contributed by atoms with Gasteiger partial charge in [-0.2, -0.15) is 13.2 Å². The lowest BCUT2D eigenvalue weighted by Crippen LogP contribution is -2.37. The molecule has 4 nitrogen and oxygen atoms in total. The number of hydrogen-bond donors (Lipinski definition) is 2. The number of nitrogens with zero attached hydrogens (tertiary/aromatic N) is 1. The normalized spacial score (nSPS) is 13.4. The van der Waals surface area contributed by atoms with Crippen molar-refractivity contribution < 1.29 is 18.0 Å². The molecule has 106 valence electrons. The maximum atomic E-state index is 12.4. The van der Waals surface area contributed by atoms with E-state index in [-0.39, 0.29) is 17.3 Å². The van der Waals surface area contributed by atoms with Crippen molar-refractivity contribution in [1.29, 1.82) is 0 Å². The predicted molar refractivity (Wildman–Crippen MR) is 67.6 cm³/mol. The van der Waals surface area contributed by atoms with E-state index in [4.69, 9.17) is 5.73 Å². The molecule has 1 aromatic carbocycles. The number of likely N-dealkylation sites (N-methyl/N-ethyl adjacent to an activating group) is 1. The molecule has 0 fully saturated rings. The first-order valence-electron chi connectivity index (χ1n) is 5.57. The highest BCUT2D eigenvalue weighted by molar-refractivity contribution is 5.97. The largest absolute Gasteiger partial charge is 0.416 e. The number of nitrogen functional groups attached to an aromatic ring is 1. The minimum absolute atomic E-state index is 0.117. The van der Waals surface area contributed by atoms with Gasteiger partial charge in [0.05, 0.1) is 23.0 Å². The number of anilines is 2. The minimum atomic E-state index is -4.45. The minimum Gasteiger partial charge on any atom is -0.397 e. The lowest BCUT2D eigenvalue weighted by atomic mass is 10.1. The summed E-state index contributed by atoms with van der Waals surface area (Å²) in [4.78, 5) is 13.4. The molecule has 0 aliphatic carbocycles. The zero-order chi connectivity index (χ0) is 14.8. The first-order valence-corrected chi connectivity index (χ1v) is 5.57. The van der Waals surface area contributed by atoms with Crippen LogP contribution in [0.3, 0.4) is 0 Å². The Morgan fingerprint density at radius 2 is 1.95 bits per heavy atom. The van der Waals surface area contributed by atoms with Gasteiger partial charge in [-0.3, -0.25) is 9.69 Å². The van der Waals surface area contributed by atoms with Gasteiger partial charge < -0.3 is 11.1 Å². The van der Waals surface area contributed by atoms with Gasteiger partial charge in [0.2, 0.25) is 5.91 Å². The zero-order valence-corrected chi connectivity index (χ0v) is 10.9. The number of carbonyl (C=O) groups is 1. The van der Waals surface area contributed by atoms with Crippen LogP contribution in [0.25, 0.3) is 0 Å². The van der Waals surface area contributed by atoms with Gasteiger partial charge in [0.1, 0.15) is 0 Å². The van der Waals surface area contributed by atoms with Gasteiger partial charge in [0, 0.05) is 0 Å². The number of amides is 1. The summed E-state index contributed by atoms with van der Waals surface area (Å²) >= 11 is 0. The molecular weight excluding hydrogens is 259 g/mol. The van der Waals surface area contributed by atoms with E-state index in [1.165, 1.54) is 0 Å². The first-order chi connectivity index (χ1) is 8.62. The summed E-state index contributed by atoms with van der Waals surface area (Å²) in [5.74, 6) is -0.337. The van der Waals surface area contributed by atoms with Gasteiger partial charge in [-0.1, -0.05) is 0 Å². The van der Waals surface area contributed by atoms with Gasteiger partial charge >= 0.3 is 6.18 Å². The number of halogens is 3. The van der Waals surface area contributed by atoms with E-state index in [2.05, 4.69) is 5.32 Å². The van der Waals surface area contributed by atoms with Crippen molar-refractivity contribution in [2.45, 2.75) is 19.1 Å². The van der Waals surface area contributed by atoms with Crippen LogP contribution in [0, 0.1) is 0 Å². The number of alkyl halides is 3. The van der Waals surface area contributed by atoms with Gasteiger partial charge in [-0.15, -0.1) is 0 Å². The van der Waals surface area contributed by atoms with Crippen LogP contribution < -0.4 is 11.1 Å². The number of nitrogens with one attached hydrogen (secondary N) is 1. The second-order valence-electron chi connectivity index (χ2n) is 4.43. The van der Waals surface area contributed by atoms with Crippen LogP contribution in [0.1, 0.15) is 12.5 Å². The SMILES string of the molecule is CC(C(=O)Nc1ccc(C(F)(F)F)cc1N)N(C)C. The van der Waals surface area contributed by atoms with Crippen molar-refractivity contribution in [1.82, 2.24) is 4.90 Å². The number of nitrogens with two attached hydrogens (primary N) is 1. The highest BCUT2D eigenvalue weighted by Gasteiger charge is 2.31. The number of carbonyl (C=O) groups excluding carboxylic acids is 1. The van der Waals surface area contributed by atoms with Crippen molar-refractivity contribution in [3.8, 4) is 0 Å². The molecule has 1 unspecified atom stereocenters. The number of benzene rings is 1. The highest BCUT2D eigenvalue weighted by Crippen LogP contribution is 2.32. The third kappa shape index (κ3) is 3.85. The van der Waals surface area contributed by atoms with E-state index < -0.39 is 17.8 Å². The van der Waals surface area contributed by atoms with Crippen molar-refractivity contribution in [2.24, 2.45) is 0 Å².